The van der Waals surface area contributed by atoms with Crippen LogP contribution in [0.25, 0.3) is 0 Å². The second-order valence-electron chi connectivity index (χ2n) is 2.74. The number of halogens is 3. The maximum Gasteiger partial charge on any atom is 0.232 e. The molecule has 0 unspecified atom stereocenters. The van der Waals surface area contributed by atoms with Gasteiger partial charge in [0.1, 0.15) is 0 Å². The van der Waals surface area contributed by atoms with Crippen LogP contribution in [0.2, 0.25) is 0 Å². The molecule has 78 valence electrons. The Bertz CT molecular complexity index is 431. The van der Waals surface area contributed by atoms with Crippen LogP contribution in [-0.2, 0) is 15.5 Å². The van der Waals surface area contributed by atoms with Crippen LogP contribution in [0.5, 0.6) is 0 Å². The molecule has 0 bridgehead atoms. The highest BCUT2D eigenvalue weighted by molar-refractivity contribution is 8.13. The Hall–Kier alpha value is -0.680. The fourth-order valence-corrected chi connectivity index (χ4v) is 1.65. The van der Waals surface area contributed by atoms with E-state index in [4.69, 9.17) is 10.7 Å². The topological polar surface area (TPSA) is 34.1 Å². The van der Waals surface area contributed by atoms with Crippen LogP contribution in [0.3, 0.4) is 0 Å². The lowest BCUT2D eigenvalue weighted by Gasteiger charge is -1.99. The Morgan fingerprint density at radius 3 is 2.36 bits per heavy atom. The summed E-state index contributed by atoms with van der Waals surface area (Å²) in [5.74, 6) is -2.24. The van der Waals surface area contributed by atoms with Crippen molar-refractivity contribution in [2.45, 2.75) is 6.42 Å². The number of benzene rings is 1. The van der Waals surface area contributed by atoms with Gasteiger partial charge in [-0.3, -0.25) is 0 Å². The highest BCUT2D eigenvalue weighted by atomic mass is 35.7. The summed E-state index contributed by atoms with van der Waals surface area (Å²) >= 11 is 0. The third-order valence-corrected chi connectivity index (χ3v) is 2.77. The highest BCUT2D eigenvalue weighted by Gasteiger charge is 2.07. The summed E-state index contributed by atoms with van der Waals surface area (Å²) in [6, 6.07) is 3.23. The quantitative estimate of drug-likeness (QED) is 0.758. The molecule has 0 heterocycles. The molecular formula is C8H7ClF2O2S. The van der Waals surface area contributed by atoms with Crippen molar-refractivity contribution < 1.29 is 17.2 Å². The van der Waals surface area contributed by atoms with E-state index in [1.807, 2.05) is 0 Å². The number of aryl methyl sites for hydroxylation is 1. The minimum atomic E-state index is -3.59. The van der Waals surface area contributed by atoms with E-state index >= 15 is 0 Å². The van der Waals surface area contributed by atoms with E-state index in [0.717, 1.165) is 12.1 Å². The average Bonchev–Trinajstić information content (AvgIpc) is 2.06. The van der Waals surface area contributed by atoms with Gasteiger partial charge in [-0.05, 0) is 24.1 Å². The van der Waals surface area contributed by atoms with Gasteiger partial charge in [0.15, 0.2) is 11.6 Å². The smallest absolute Gasteiger partial charge is 0.212 e. The van der Waals surface area contributed by atoms with E-state index in [1.165, 1.54) is 6.07 Å². The molecule has 0 spiro atoms. The predicted octanol–water partition coefficient (Wildman–Crippen LogP) is 2.08. The lowest BCUT2D eigenvalue weighted by atomic mass is 10.2. The molecule has 6 heteroatoms. The largest absolute Gasteiger partial charge is 0.232 e. The number of rotatable bonds is 3. The van der Waals surface area contributed by atoms with E-state index in [0.29, 0.717) is 5.56 Å². The van der Waals surface area contributed by atoms with Gasteiger partial charge in [0.2, 0.25) is 9.05 Å². The molecule has 0 saturated carbocycles. The van der Waals surface area contributed by atoms with Crippen molar-refractivity contribution in [3.05, 3.63) is 35.4 Å². The van der Waals surface area contributed by atoms with E-state index in [9.17, 15) is 17.2 Å². The van der Waals surface area contributed by atoms with Gasteiger partial charge in [-0.25, -0.2) is 17.2 Å². The fraction of sp³-hybridized carbons (Fsp3) is 0.250. The molecule has 0 aliphatic carbocycles. The minimum Gasteiger partial charge on any atom is -0.212 e. The number of hydrogen-bond donors (Lipinski definition) is 0. The van der Waals surface area contributed by atoms with Crippen LogP contribution in [0.15, 0.2) is 18.2 Å². The monoisotopic (exact) mass is 240 g/mol. The Labute approximate surface area is 84.9 Å². The summed E-state index contributed by atoms with van der Waals surface area (Å²) in [6.45, 7) is 0. The van der Waals surface area contributed by atoms with Crippen LogP contribution in [-0.4, -0.2) is 14.2 Å². The summed E-state index contributed by atoms with van der Waals surface area (Å²) in [7, 11) is 1.37. The van der Waals surface area contributed by atoms with Gasteiger partial charge in [-0.1, -0.05) is 6.07 Å². The molecule has 0 aliphatic rings. The van der Waals surface area contributed by atoms with Gasteiger partial charge in [0, 0.05) is 10.7 Å². The molecule has 1 rings (SSSR count). The van der Waals surface area contributed by atoms with E-state index < -0.39 is 20.7 Å². The molecule has 1 aromatic carbocycles. The molecule has 0 saturated heterocycles. The lowest BCUT2D eigenvalue weighted by Crippen LogP contribution is -2.01. The Morgan fingerprint density at radius 1 is 1.21 bits per heavy atom. The summed E-state index contributed by atoms with van der Waals surface area (Å²) < 4.78 is 46.2. The third kappa shape index (κ3) is 3.59. The summed E-state index contributed by atoms with van der Waals surface area (Å²) in [5.41, 5.74) is 0.396. The van der Waals surface area contributed by atoms with Crippen molar-refractivity contribution in [1.29, 1.82) is 0 Å². The molecule has 0 aromatic heterocycles. The van der Waals surface area contributed by atoms with Gasteiger partial charge in [0.05, 0.1) is 5.75 Å². The van der Waals surface area contributed by atoms with Crippen LogP contribution in [0, 0.1) is 11.6 Å². The second kappa shape index (κ2) is 4.23. The molecule has 0 fully saturated rings. The SMILES string of the molecule is O=S(=O)(Cl)CCc1ccc(F)c(F)c1. The third-order valence-electron chi connectivity index (χ3n) is 1.62. The van der Waals surface area contributed by atoms with Gasteiger partial charge in [-0.15, -0.1) is 0 Å². The van der Waals surface area contributed by atoms with Crippen molar-refractivity contribution in [1.82, 2.24) is 0 Å². The van der Waals surface area contributed by atoms with Crippen molar-refractivity contribution >= 4 is 19.7 Å². The maximum atomic E-state index is 12.6. The van der Waals surface area contributed by atoms with Crippen LogP contribution in [0.4, 0.5) is 8.78 Å². The van der Waals surface area contributed by atoms with Crippen LogP contribution in [0.1, 0.15) is 5.56 Å². The van der Waals surface area contributed by atoms with E-state index in [1.54, 1.807) is 0 Å². The van der Waals surface area contributed by atoms with Crippen molar-refractivity contribution in [3.63, 3.8) is 0 Å². The molecule has 0 atom stereocenters. The first-order chi connectivity index (χ1) is 6.38. The Kier molecular flexibility index (Phi) is 3.44. The van der Waals surface area contributed by atoms with Gasteiger partial charge >= 0.3 is 0 Å². The molecule has 0 aliphatic heterocycles. The van der Waals surface area contributed by atoms with Gasteiger partial charge in [0.25, 0.3) is 0 Å². The Morgan fingerprint density at radius 2 is 1.86 bits per heavy atom. The first kappa shape index (κ1) is 11.4. The second-order valence-corrected chi connectivity index (χ2v) is 5.64. The van der Waals surface area contributed by atoms with Gasteiger partial charge in [-0.2, -0.15) is 0 Å². The zero-order chi connectivity index (χ0) is 10.8. The van der Waals surface area contributed by atoms with E-state index in [2.05, 4.69) is 0 Å². The van der Waals surface area contributed by atoms with E-state index in [-0.39, 0.29) is 12.2 Å². The fourth-order valence-electron chi connectivity index (χ4n) is 0.935. The highest BCUT2D eigenvalue weighted by Crippen LogP contribution is 2.10. The van der Waals surface area contributed by atoms with Crippen molar-refractivity contribution in [2.24, 2.45) is 0 Å². The molecule has 0 radical (unpaired) electrons. The molecular weight excluding hydrogens is 234 g/mol. The van der Waals surface area contributed by atoms with Gasteiger partial charge < -0.3 is 0 Å². The zero-order valence-corrected chi connectivity index (χ0v) is 8.58. The Balaban J connectivity index is 2.74. The van der Waals surface area contributed by atoms with Crippen LogP contribution >= 0.6 is 10.7 Å². The summed E-state index contributed by atoms with van der Waals surface area (Å²) in [4.78, 5) is 0. The first-order valence-corrected chi connectivity index (χ1v) is 6.22. The summed E-state index contributed by atoms with van der Waals surface area (Å²) in [5, 5.41) is 0. The molecule has 2 nitrogen and oxygen atoms in total. The normalized spacial score (nSPS) is 11.6. The van der Waals surface area contributed by atoms with Crippen molar-refractivity contribution in [2.75, 3.05) is 5.75 Å². The standard InChI is InChI=1S/C8H7ClF2O2S/c9-14(12,13)4-3-6-1-2-7(10)8(11)5-6/h1-2,5H,3-4H2. The minimum absolute atomic E-state index is 0.0725. The average molecular weight is 241 g/mol. The van der Waals surface area contributed by atoms with Crippen LogP contribution < -0.4 is 0 Å². The predicted molar refractivity (Wildman–Crippen MR) is 49.7 cm³/mol. The first-order valence-electron chi connectivity index (χ1n) is 3.75. The zero-order valence-electron chi connectivity index (χ0n) is 7.00. The lowest BCUT2D eigenvalue weighted by molar-refractivity contribution is 0.507. The molecule has 14 heavy (non-hydrogen) atoms. The number of hydrogen-bond acceptors (Lipinski definition) is 2. The molecule has 0 amide bonds. The summed E-state index contributed by atoms with van der Waals surface area (Å²) in [6.07, 6.45) is 0.0725. The molecule has 1 aromatic rings. The maximum absolute atomic E-state index is 12.6. The van der Waals surface area contributed by atoms with Crippen molar-refractivity contribution in [3.8, 4) is 0 Å². The molecule has 0 N–H and O–H groups in total.